The number of aliphatic hydroxyl groups is 1. The molecule has 4 heteroatoms. The van der Waals surface area contributed by atoms with E-state index in [9.17, 15) is 9.50 Å². The molecule has 1 atom stereocenters. The summed E-state index contributed by atoms with van der Waals surface area (Å²) in [6, 6.07) is 4.32. The van der Waals surface area contributed by atoms with Gasteiger partial charge in [-0.05, 0) is 50.0 Å². The molecule has 16 heavy (non-hydrogen) atoms. The molecular formula is C12H15ClFNO. The Morgan fingerprint density at radius 1 is 1.38 bits per heavy atom. The third kappa shape index (κ3) is 2.54. The molecular weight excluding hydrogens is 229 g/mol. The van der Waals surface area contributed by atoms with Crippen molar-refractivity contribution in [3.63, 3.8) is 0 Å². The van der Waals surface area contributed by atoms with Crippen LogP contribution in [0.15, 0.2) is 18.2 Å². The summed E-state index contributed by atoms with van der Waals surface area (Å²) in [6.45, 7) is 1.76. The van der Waals surface area contributed by atoms with E-state index in [1.54, 1.807) is 0 Å². The maximum Gasteiger partial charge on any atom is 0.129 e. The van der Waals surface area contributed by atoms with Gasteiger partial charge in [-0.1, -0.05) is 11.6 Å². The molecule has 0 bridgehead atoms. The average Bonchev–Trinajstić information content (AvgIpc) is 2.32. The first-order valence-corrected chi connectivity index (χ1v) is 5.90. The van der Waals surface area contributed by atoms with Crippen LogP contribution in [0.25, 0.3) is 0 Å². The normalized spacial score (nSPS) is 19.7. The van der Waals surface area contributed by atoms with Crippen molar-refractivity contribution in [2.45, 2.75) is 18.9 Å². The van der Waals surface area contributed by atoms with Gasteiger partial charge < -0.3 is 10.4 Å². The van der Waals surface area contributed by atoms with Crippen LogP contribution in [0.5, 0.6) is 0 Å². The maximum absolute atomic E-state index is 13.5. The van der Waals surface area contributed by atoms with Crippen molar-refractivity contribution in [3.05, 3.63) is 34.6 Å². The van der Waals surface area contributed by atoms with E-state index in [2.05, 4.69) is 5.32 Å². The molecule has 2 rings (SSSR count). The van der Waals surface area contributed by atoms with Gasteiger partial charge in [-0.3, -0.25) is 0 Å². The van der Waals surface area contributed by atoms with Crippen LogP contribution in [0.1, 0.15) is 24.5 Å². The van der Waals surface area contributed by atoms with E-state index >= 15 is 0 Å². The van der Waals surface area contributed by atoms with Gasteiger partial charge in [-0.25, -0.2) is 4.39 Å². The molecule has 1 fully saturated rings. The molecule has 0 aromatic heterocycles. The van der Waals surface area contributed by atoms with Crippen molar-refractivity contribution >= 4 is 11.6 Å². The van der Waals surface area contributed by atoms with Crippen molar-refractivity contribution in [1.29, 1.82) is 0 Å². The molecule has 88 valence electrons. The summed E-state index contributed by atoms with van der Waals surface area (Å²) < 4.78 is 13.5. The zero-order valence-corrected chi connectivity index (χ0v) is 9.67. The Balaban J connectivity index is 2.18. The maximum atomic E-state index is 13.5. The Kier molecular flexibility index (Phi) is 3.79. The first kappa shape index (κ1) is 11.8. The zero-order valence-electron chi connectivity index (χ0n) is 8.92. The van der Waals surface area contributed by atoms with Gasteiger partial charge in [-0.15, -0.1) is 0 Å². The zero-order chi connectivity index (χ0) is 11.5. The summed E-state index contributed by atoms with van der Waals surface area (Å²) in [4.78, 5) is 0. The molecule has 2 nitrogen and oxygen atoms in total. The van der Waals surface area contributed by atoms with E-state index in [0.29, 0.717) is 10.6 Å². The molecule has 1 saturated heterocycles. The lowest BCUT2D eigenvalue weighted by atomic mass is 9.88. The van der Waals surface area contributed by atoms with Crippen LogP contribution >= 0.6 is 11.6 Å². The Bertz CT molecular complexity index is 366. The number of nitrogens with one attached hydrogen (secondary N) is 1. The number of rotatable bonds is 2. The van der Waals surface area contributed by atoms with Gasteiger partial charge in [0.1, 0.15) is 5.82 Å². The Morgan fingerprint density at radius 3 is 2.75 bits per heavy atom. The highest BCUT2D eigenvalue weighted by atomic mass is 35.5. The molecule has 1 aliphatic rings. The Labute approximate surface area is 99.4 Å². The van der Waals surface area contributed by atoms with Gasteiger partial charge >= 0.3 is 0 Å². The summed E-state index contributed by atoms with van der Waals surface area (Å²) in [6.07, 6.45) is 0.987. The van der Waals surface area contributed by atoms with Crippen LogP contribution in [-0.4, -0.2) is 18.2 Å². The predicted molar refractivity (Wildman–Crippen MR) is 62.0 cm³/mol. The summed E-state index contributed by atoms with van der Waals surface area (Å²) in [5, 5.41) is 13.8. The number of hydrogen-bond donors (Lipinski definition) is 2. The van der Waals surface area contributed by atoms with Crippen molar-refractivity contribution in [2.75, 3.05) is 13.1 Å². The molecule has 1 heterocycles. The summed E-state index contributed by atoms with van der Waals surface area (Å²) in [7, 11) is 0. The topological polar surface area (TPSA) is 32.3 Å². The van der Waals surface area contributed by atoms with Crippen molar-refractivity contribution in [1.82, 2.24) is 5.32 Å². The number of hydrogen-bond acceptors (Lipinski definition) is 2. The lowest BCUT2D eigenvalue weighted by Gasteiger charge is -2.27. The lowest BCUT2D eigenvalue weighted by Crippen LogP contribution is -2.31. The summed E-state index contributed by atoms with van der Waals surface area (Å²) >= 11 is 5.81. The largest absolute Gasteiger partial charge is 0.388 e. The standard InChI is InChI=1S/C12H15ClFNO/c13-9-1-2-11(14)10(7-9)12(16)8-3-5-15-6-4-8/h1-2,7-8,12,15-16H,3-6H2/t12-/m0/s1. The fourth-order valence-electron chi connectivity index (χ4n) is 2.16. The van der Waals surface area contributed by atoms with Gasteiger partial charge in [0, 0.05) is 10.6 Å². The highest BCUT2D eigenvalue weighted by molar-refractivity contribution is 6.30. The number of aliphatic hydroxyl groups excluding tert-OH is 1. The number of piperidine rings is 1. The minimum Gasteiger partial charge on any atom is -0.388 e. The van der Waals surface area contributed by atoms with E-state index < -0.39 is 6.10 Å². The Hall–Kier alpha value is -0.640. The van der Waals surface area contributed by atoms with E-state index in [4.69, 9.17) is 11.6 Å². The van der Waals surface area contributed by atoms with E-state index in [1.807, 2.05) is 0 Å². The van der Waals surface area contributed by atoms with Gasteiger partial charge in [0.05, 0.1) is 6.10 Å². The second-order valence-corrected chi connectivity index (χ2v) is 4.63. The smallest absolute Gasteiger partial charge is 0.129 e. The van der Waals surface area contributed by atoms with E-state index in [1.165, 1.54) is 18.2 Å². The van der Waals surface area contributed by atoms with Gasteiger partial charge in [0.2, 0.25) is 0 Å². The molecule has 0 saturated carbocycles. The molecule has 0 spiro atoms. The lowest BCUT2D eigenvalue weighted by molar-refractivity contribution is 0.0856. The molecule has 2 N–H and O–H groups in total. The second-order valence-electron chi connectivity index (χ2n) is 4.20. The minimum absolute atomic E-state index is 0.120. The van der Waals surface area contributed by atoms with Gasteiger partial charge in [0.25, 0.3) is 0 Å². The molecule has 1 aromatic carbocycles. The molecule has 0 unspecified atom stereocenters. The van der Waals surface area contributed by atoms with Crippen LogP contribution in [0.3, 0.4) is 0 Å². The average molecular weight is 244 g/mol. The molecule has 1 aromatic rings. The first-order valence-electron chi connectivity index (χ1n) is 5.52. The van der Waals surface area contributed by atoms with Crippen molar-refractivity contribution < 1.29 is 9.50 Å². The van der Waals surface area contributed by atoms with Crippen LogP contribution in [0.4, 0.5) is 4.39 Å². The summed E-state index contributed by atoms with van der Waals surface area (Å²) in [5.41, 5.74) is 0.319. The second kappa shape index (κ2) is 5.13. The number of benzene rings is 1. The molecule has 0 aliphatic carbocycles. The quantitative estimate of drug-likeness (QED) is 0.837. The predicted octanol–water partition coefficient (Wildman–Crippen LogP) is 2.51. The highest BCUT2D eigenvalue weighted by Crippen LogP contribution is 2.31. The molecule has 1 aliphatic heterocycles. The Morgan fingerprint density at radius 2 is 2.06 bits per heavy atom. The summed E-state index contributed by atoms with van der Waals surface area (Å²) in [5.74, 6) is -0.260. The van der Waals surface area contributed by atoms with E-state index in [0.717, 1.165) is 25.9 Å². The molecule has 0 amide bonds. The van der Waals surface area contributed by atoms with Crippen LogP contribution < -0.4 is 5.32 Å². The van der Waals surface area contributed by atoms with E-state index in [-0.39, 0.29) is 11.7 Å². The van der Waals surface area contributed by atoms with Gasteiger partial charge in [0.15, 0.2) is 0 Å². The monoisotopic (exact) mass is 243 g/mol. The third-order valence-corrected chi connectivity index (χ3v) is 3.34. The fraction of sp³-hybridized carbons (Fsp3) is 0.500. The van der Waals surface area contributed by atoms with Crippen LogP contribution in [-0.2, 0) is 0 Å². The highest BCUT2D eigenvalue weighted by Gasteiger charge is 2.25. The minimum atomic E-state index is -0.749. The van der Waals surface area contributed by atoms with Crippen molar-refractivity contribution in [2.24, 2.45) is 5.92 Å². The first-order chi connectivity index (χ1) is 7.68. The SMILES string of the molecule is O[C@H](c1cc(Cl)ccc1F)C1CCNCC1. The fourth-order valence-corrected chi connectivity index (χ4v) is 2.34. The number of halogens is 2. The van der Waals surface area contributed by atoms with Crippen LogP contribution in [0.2, 0.25) is 5.02 Å². The third-order valence-electron chi connectivity index (χ3n) is 3.11. The molecule has 0 radical (unpaired) electrons. The van der Waals surface area contributed by atoms with Gasteiger partial charge in [-0.2, -0.15) is 0 Å². The van der Waals surface area contributed by atoms with Crippen molar-refractivity contribution in [3.8, 4) is 0 Å². The van der Waals surface area contributed by atoms with Crippen LogP contribution in [0, 0.1) is 11.7 Å².